The predicted octanol–water partition coefficient (Wildman–Crippen LogP) is 1.94. The van der Waals surface area contributed by atoms with Crippen molar-refractivity contribution in [2.75, 3.05) is 42.9 Å². The fourth-order valence-corrected chi connectivity index (χ4v) is 4.02. The lowest BCUT2D eigenvalue weighted by atomic mass is 10.2. The van der Waals surface area contributed by atoms with Crippen molar-refractivity contribution in [2.45, 2.75) is 13.3 Å². The zero-order valence-electron chi connectivity index (χ0n) is 15.1. The van der Waals surface area contributed by atoms with Gasteiger partial charge in [-0.05, 0) is 19.1 Å². The van der Waals surface area contributed by atoms with Gasteiger partial charge in [0.1, 0.15) is 17.0 Å². The summed E-state index contributed by atoms with van der Waals surface area (Å²) in [5.74, 6) is 1.68. The van der Waals surface area contributed by atoms with Crippen LogP contribution in [0.3, 0.4) is 0 Å². The van der Waals surface area contributed by atoms with E-state index >= 15 is 0 Å². The van der Waals surface area contributed by atoms with Gasteiger partial charge in [-0.25, -0.2) is 19.9 Å². The second-order valence-corrected chi connectivity index (χ2v) is 7.63. The van der Waals surface area contributed by atoms with Crippen LogP contribution in [0.2, 0.25) is 0 Å². The molecular weight excluding hydrogens is 362 g/mol. The molecule has 0 radical (unpaired) electrons. The molecule has 0 aliphatic carbocycles. The van der Waals surface area contributed by atoms with Crippen LogP contribution in [0.5, 0.6) is 0 Å². The van der Waals surface area contributed by atoms with Crippen molar-refractivity contribution in [3.63, 3.8) is 0 Å². The Balaban J connectivity index is 1.27. The quantitative estimate of drug-likeness (QED) is 0.720. The Labute approximate surface area is 161 Å². The van der Waals surface area contributed by atoms with Crippen LogP contribution in [0.1, 0.15) is 11.3 Å². The Morgan fingerprint density at radius 1 is 1.15 bits per heavy atom. The minimum atomic E-state index is 0.155. The molecule has 140 valence electrons. The van der Waals surface area contributed by atoms with E-state index in [0.717, 1.165) is 35.1 Å². The van der Waals surface area contributed by atoms with Crippen LogP contribution < -0.4 is 10.2 Å². The lowest BCUT2D eigenvalue weighted by Gasteiger charge is -2.34. The molecule has 0 atom stereocenters. The number of carbonyl (C=O) groups is 1. The highest BCUT2D eigenvalue weighted by Gasteiger charge is 2.22. The number of hydrogen-bond acceptors (Lipinski definition) is 8. The third-order valence-corrected chi connectivity index (χ3v) is 5.51. The molecule has 1 saturated heterocycles. The molecule has 0 saturated carbocycles. The summed E-state index contributed by atoms with van der Waals surface area (Å²) in [5, 5.41) is 4.30. The first-order valence-electron chi connectivity index (χ1n) is 8.95. The third-order valence-electron chi connectivity index (χ3n) is 4.55. The van der Waals surface area contributed by atoms with Gasteiger partial charge >= 0.3 is 0 Å². The van der Waals surface area contributed by atoms with Gasteiger partial charge in [0, 0.05) is 56.4 Å². The van der Waals surface area contributed by atoms with Gasteiger partial charge in [-0.15, -0.1) is 11.3 Å². The summed E-state index contributed by atoms with van der Waals surface area (Å²) in [4.78, 5) is 35.8. The van der Waals surface area contributed by atoms with Gasteiger partial charge in [0.15, 0.2) is 0 Å². The molecule has 27 heavy (non-hydrogen) atoms. The monoisotopic (exact) mass is 383 g/mol. The number of aryl methyl sites for hydroxylation is 1. The van der Waals surface area contributed by atoms with Gasteiger partial charge in [0.2, 0.25) is 11.9 Å². The molecule has 1 fully saturated rings. The average Bonchev–Trinajstić information content (AvgIpc) is 3.10. The van der Waals surface area contributed by atoms with E-state index in [9.17, 15) is 4.79 Å². The van der Waals surface area contributed by atoms with Gasteiger partial charge in [0.05, 0.1) is 5.39 Å². The molecule has 1 N–H and O–H groups in total. The van der Waals surface area contributed by atoms with Crippen molar-refractivity contribution in [2.24, 2.45) is 0 Å². The number of nitrogens with one attached hydrogen (secondary N) is 1. The fraction of sp³-hybridized carbons (Fsp3) is 0.389. The molecule has 0 bridgehead atoms. The minimum absolute atomic E-state index is 0.155. The number of carbonyl (C=O) groups excluding carboxylic acids is 1. The Bertz CT molecular complexity index is 922. The van der Waals surface area contributed by atoms with Crippen molar-refractivity contribution >= 4 is 39.2 Å². The van der Waals surface area contributed by atoms with Crippen molar-refractivity contribution in [1.29, 1.82) is 0 Å². The Morgan fingerprint density at radius 2 is 1.93 bits per heavy atom. The number of fused-ring (bicyclic) bond motifs is 1. The summed E-state index contributed by atoms with van der Waals surface area (Å²) in [7, 11) is 0. The van der Waals surface area contributed by atoms with E-state index in [1.807, 2.05) is 4.90 Å². The first-order chi connectivity index (χ1) is 13.2. The van der Waals surface area contributed by atoms with Crippen molar-refractivity contribution < 1.29 is 4.79 Å². The zero-order valence-corrected chi connectivity index (χ0v) is 15.9. The molecule has 1 aliphatic heterocycles. The summed E-state index contributed by atoms with van der Waals surface area (Å²) >= 11 is 1.65. The van der Waals surface area contributed by atoms with Crippen molar-refractivity contribution in [3.05, 3.63) is 35.7 Å². The van der Waals surface area contributed by atoms with E-state index in [1.165, 1.54) is 4.88 Å². The average molecular weight is 383 g/mol. The molecule has 0 aromatic carbocycles. The number of thiophene rings is 1. The van der Waals surface area contributed by atoms with E-state index < -0.39 is 0 Å². The molecule has 0 spiro atoms. The molecule has 4 rings (SSSR count). The molecule has 4 heterocycles. The number of rotatable bonds is 5. The summed E-state index contributed by atoms with van der Waals surface area (Å²) in [6, 6.07) is 3.88. The van der Waals surface area contributed by atoms with Crippen molar-refractivity contribution in [1.82, 2.24) is 24.8 Å². The minimum Gasteiger partial charge on any atom is -0.369 e. The summed E-state index contributed by atoms with van der Waals surface area (Å²) < 4.78 is 0. The normalized spacial score (nSPS) is 14.6. The molecule has 0 unspecified atom stereocenters. The number of nitrogens with zero attached hydrogens (tertiary/aromatic N) is 6. The highest BCUT2D eigenvalue weighted by Crippen LogP contribution is 2.27. The maximum Gasteiger partial charge on any atom is 0.225 e. The van der Waals surface area contributed by atoms with Crippen LogP contribution >= 0.6 is 11.3 Å². The smallest absolute Gasteiger partial charge is 0.225 e. The van der Waals surface area contributed by atoms with Crippen LogP contribution in [0, 0.1) is 6.92 Å². The lowest BCUT2D eigenvalue weighted by molar-refractivity contribution is -0.131. The first-order valence-corrected chi connectivity index (χ1v) is 9.77. The third kappa shape index (κ3) is 3.97. The van der Waals surface area contributed by atoms with Gasteiger partial charge in [-0.2, -0.15) is 0 Å². The Morgan fingerprint density at radius 3 is 2.70 bits per heavy atom. The molecule has 9 heteroatoms. The van der Waals surface area contributed by atoms with Gasteiger partial charge in [0.25, 0.3) is 0 Å². The van der Waals surface area contributed by atoms with Crippen LogP contribution in [0.25, 0.3) is 10.2 Å². The maximum atomic E-state index is 12.5. The summed E-state index contributed by atoms with van der Waals surface area (Å²) in [6.45, 7) is 5.51. The molecule has 8 nitrogen and oxygen atoms in total. The van der Waals surface area contributed by atoms with E-state index in [0.29, 0.717) is 26.1 Å². The Hall–Kier alpha value is -2.81. The van der Waals surface area contributed by atoms with Crippen molar-refractivity contribution in [3.8, 4) is 0 Å². The predicted molar refractivity (Wildman–Crippen MR) is 106 cm³/mol. The molecule has 1 amide bonds. The lowest BCUT2D eigenvalue weighted by Crippen LogP contribution is -2.49. The standard InChI is InChI=1S/C18H21N7OS/c1-13-11-14-16(22-12-23-17(14)27-13)19-6-3-15(26)24-7-9-25(10-8-24)18-20-4-2-5-21-18/h2,4-5,11-12H,3,6-10H2,1H3,(H,19,22,23). The summed E-state index contributed by atoms with van der Waals surface area (Å²) in [5.41, 5.74) is 0. The number of aromatic nitrogens is 4. The molecule has 1 aliphatic rings. The molecule has 3 aromatic heterocycles. The SMILES string of the molecule is Cc1cc2c(NCCC(=O)N3CCN(c4ncccn4)CC3)ncnc2s1. The fourth-order valence-electron chi connectivity index (χ4n) is 3.17. The van der Waals surface area contributed by atoms with Crippen LogP contribution in [-0.4, -0.2) is 63.5 Å². The Kier molecular flexibility index (Phi) is 5.10. The van der Waals surface area contributed by atoms with Crippen LogP contribution in [-0.2, 0) is 4.79 Å². The topological polar surface area (TPSA) is 87.1 Å². The van der Waals surface area contributed by atoms with E-state index in [-0.39, 0.29) is 5.91 Å². The van der Waals surface area contributed by atoms with E-state index in [2.05, 4.69) is 43.1 Å². The van der Waals surface area contributed by atoms with Crippen LogP contribution in [0.15, 0.2) is 30.9 Å². The second-order valence-electron chi connectivity index (χ2n) is 6.39. The largest absolute Gasteiger partial charge is 0.369 e. The highest BCUT2D eigenvalue weighted by atomic mass is 32.1. The number of piperazine rings is 1. The van der Waals surface area contributed by atoms with Gasteiger partial charge in [-0.3, -0.25) is 4.79 Å². The van der Waals surface area contributed by atoms with E-state index in [1.54, 1.807) is 36.1 Å². The van der Waals surface area contributed by atoms with Crippen LogP contribution in [0.4, 0.5) is 11.8 Å². The second kappa shape index (κ2) is 7.83. The number of anilines is 2. The highest BCUT2D eigenvalue weighted by molar-refractivity contribution is 7.18. The van der Waals surface area contributed by atoms with Gasteiger partial charge < -0.3 is 15.1 Å². The van der Waals surface area contributed by atoms with Gasteiger partial charge in [-0.1, -0.05) is 0 Å². The zero-order chi connectivity index (χ0) is 18.6. The number of amides is 1. The molecule has 3 aromatic rings. The first kappa shape index (κ1) is 17.6. The van der Waals surface area contributed by atoms with E-state index in [4.69, 9.17) is 0 Å². The summed E-state index contributed by atoms with van der Waals surface area (Å²) in [6.07, 6.45) is 5.49. The number of hydrogen-bond donors (Lipinski definition) is 1. The molecular formula is C18H21N7OS. The maximum absolute atomic E-state index is 12.5.